The maximum atomic E-state index is 12.9. The van der Waals surface area contributed by atoms with Gasteiger partial charge in [-0.3, -0.25) is 9.69 Å². The SMILES string of the molecule is N#Cc1ccccc1COc1c(Cl)cc(/C=C2/SC(=S)N(c3ccccc3)C2=O)cc1Br. The zero-order chi connectivity index (χ0) is 22.7. The number of hydrogen-bond donors (Lipinski definition) is 0. The molecule has 0 aromatic heterocycles. The van der Waals surface area contributed by atoms with Crippen molar-refractivity contribution in [1.29, 1.82) is 5.26 Å². The van der Waals surface area contributed by atoms with E-state index in [-0.39, 0.29) is 12.5 Å². The van der Waals surface area contributed by atoms with Gasteiger partial charge < -0.3 is 4.74 Å². The number of para-hydroxylation sites is 1. The van der Waals surface area contributed by atoms with Gasteiger partial charge in [-0.05, 0) is 57.9 Å². The molecule has 32 heavy (non-hydrogen) atoms. The maximum absolute atomic E-state index is 12.9. The van der Waals surface area contributed by atoms with Gasteiger partial charge >= 0.3 is 0 Å². The van der Waals surface area contributed by atoms with E-state index in [1.807, 2.05) is 48.5 Å². The number of rotatable bonds is 5. The van der Waals surface area contributed by atoms with Crippen molar-refractivity contribution in [1.82, 2.24) is 0 Å². The zero-order valence-electron chi connectivity index (χ0n) is 16.4. The predicted octanol–water partition coefficient (Wildman–Crippen LogP) is 6.96. The number of carbonyl (C=O) groups is 1. The molecule has 0 radical (unpaired) electrons. The molecule has 1 fully saturated rings. The van der Waals surface area contributed by atoms with Crippen molar-refractivity contribution in [3.63, 3.8) is 0 Å². The number of nitriles is 1. The first kappa shape index (κ1) is 22.6. The minimum Gasteiger partial charge on any atom is -0.486 e. The lowest BCUT2D eigenvalue weighted by molar-refractivity contribution is -0.113. The lowest BCUT2D eigenvalue weighted by Crippen LogP contribution is -2.27. The molecule has 1 aliphatic heterocycles. The quantitative estimate of drug-likeness (QED) is 0.258. The number of amides is 1. The smallest absolute Gasteiger partial charge is 0.270 e. The Morgan fingerprint density at radius 2 is 1.88 bits per heavy atom. The molecule has 1 heterocycles. The summed E-state index contributed by atoms with van der Waals surface area (Å²) < 4.78 is 7.01. The molecule has 0 saturated carbocycles. The molecule has 0 aliphatic carbocycles. The monoisotopic (exact) mass is 540 g/mol. The van der Waals surface area contributed by atoms with Crippen LogP contribution in [0.5, 0.6) is 5.75 Å². The van der Waals surface area contributed by atoms with Gasteiger partial charge in [0.15, 0.2) is 10.1 Å². The predicted molar refractivity (Wildman–Crippen MR) is 137 cm³/mol. The van der Waals surface area contributed by atoms with Gasteiger partial charge in [0.05, 0.1) is 31.7 Å². The van der Waals surface area contributed by atoms with E-state index in [1.54, 1.807) is 24.3 Å². The van der Waals surface area contributed by atoms with Crippen molar-refractivity contribution < 1.29 is 9.53 Å². The Bertz CT molecular complexity index is 1270. The summed E-state index contributed by atoms with van der Waals surface area (Å²) in [5, 5.41) is 9.63. The molecular weight excluding hydrogens is 528 g/mol. The summed E-state index contributed by atoms with van der Waals surface area (Å²) in [4.78, 5) is 15.0. The number of nitrogens with zero attached hydrogens (tertiary/aromatic N) is 2. The van der Waals surface area contributed by atoms with Crippen LogP contribution in [0.25, 0.3) is 6.08 Å². The van der Waals surface area contributed by atoms with Crippen molar-refractivity contribution in [2.45, 2.75) is 6.61 Å². The highest BCUT2D eigenvalue weighted by atomic mass is 79.9. The fourth-order valence-electron chi connectivity index (χ4n) is 3.12. The van der Waals surface area contributed by atoms with Crippen LogP contribution in [0, 0.1) is 11.3 Å². The third kappa shape index (κ3) is 4.74. The average molecular weight is 542 g/mol. The van der Waals surface area contributed by atoms with Gasteiger partial charge in [0.1, 0.15) is 6.61 Å². The third-order valence-corrected chi connectivity index (χ3v) is 6.81. The molecule has 1 aliphatic rings. The van der Waals surface area contributed by atoms with E-state index in [4.69, 9.17) is 28.6 Å². The Morgan fingerprint density at radius 1 is 1.16 bits per heavy atom. The van der Waals surface area contributed by atoms with Crippen molar-refractivity contribution in [2.75, 3.05) is 4.90 Å². The van der Waals surface area contributed by atoms with Crippen LogP contribution in [0.1, 0.15) is 16.7 Å². The molecule has 4 rings (SSSR count). The van der Waals surface area contributed by atoms with Crippen LogP contribution in [-0.4, -0.2) is 10.2 Å². The summed E-state index contributed by atoms with van der Waals surface area (Å²) in [6.45, 7) is 0.205. The molecule has 158 valence electrons. The third-order valence-electron chi connectivity index (χ3n) is 4.64. The van der Waals surface area contributed by atoms with E-state index in [0.29, 0.717) is 30.0 Å². The lowest BCUT2D eigenvalue weighted by atomic mass is 10.1. The number of thioether (sulfide) groups is 1. The van der Waals surface area contributed by atoms with Crippen molar-refractivity contribution in [3.05, 3.63) is 97.8 Å². The molecule has 0 spiro atoms. The number of benzene rings is 3. The summed E-state index contributed by atoms with van der Waals surface area (Å²) in [6, 6.07) is 22.2. The summed E-state index contributed by atoms with van der Waals surface area (Å²) in [5.74, 6) is 0.292. The molecule has 8 heteroatoms. The van der Waals surface area contributed by atoms with Gasteiger partial charge in [-0.1, -0.05) is 72.0 Å². The number of hydrogen-bond acceptors (Lipinski definition) is 5. The summed E-state index contributed by atoms with van der Waals surface area (Å²) in [5.41, 5.74) is 2.79. The van der Waals surface area contributed by atoms with Gasteiger partial charge in [-0.15, -0.1) is 0 Å². The zero-order valence-corrected chi connectivity index (χ0v) is 20.4. The molecule has 0 atom stereocenters. The first-order chi connectivity index (χ1) is 15.5. The number of thiocarbonyl (C=S) groups is 1. The Hall–Kier alpha value is -2.63. The molecule has 4 nitrogen and oxygen atoms in total. The highest BCUT2D eigenvalue weighted by Gasteiger charge is 2.33. The highest BCUT2D eigenvalue weighted by Crippen LogP contribution is 2.39. The standard InChI is InChI=1S/C24H14BrClN2O2S2/c25-19-10-15(11-20(26)22(19)30-14-17-7-5-4-6-16(17)13-27)12-21-23(29)28(24(31)32-21)18-8-2-1-3-9-18/h1-12H,14H2/b21-12+. The van der Waals surface area contributed by atoms with E-state index < -0.39 is 0 Å². The number of carbonyl (C=O) groups excluding carboxylic acids is 1. The van der Waals surface area contributed by atoms with Crippen LogP contribution < -0.4 is 9.64 Å². The Morgan fingerprint density at radius 3 is 2.59 bits per heavy atom. The van der Waals surface area contributed by atoms with Crippen LogP contribution in [0.2, 0.25) is 5.02 Å². The summed E-state index contributed by atoms with van der Waals surface area (Å²) >= 11 is 16.6. The Kier molecular flexibility index (Phi) is 6.97. The van der Waals surface area contributed by atoms with Gasteiger partial charge in [-0.2, -0.15) is 5.26 Å². The van der Waals surface area contributed by atoms with Gasteiger partial charge in [0, 0.05) is 5.56 Å². The van der Waals surface area contributed by atoms with Crippen LogP contribution in [0.15, 0.2) is 76.1 Å². The molecule has 1 saturated heterocycles. The Labute approximate surface area is 208 Å². The largest absolute Gasteiger partial charge is 0.486 e. The van der Waals surface area contributed by atoms with E-state index in [9.17, 15) is 10.1 Å². The molecule has 3 aromatic carbocycles. The molecule has 3 aromatic rings. The van der Waals surface area contributed by atoms with Crippen molar-refractivity contribution >= 4 is 73.5 Å². The Balaban J connectivity index is 1.56. The molecule has 0 unspecified atom stereocenters. The lowest BCUT2D eigenvalue weighted by Gasteiger charge is -2.14. The second-order valence-electron chi connectivity index (χ2n) is 6.72. The van der Waals surface area contributed by atoms with Crippen LogP contribution >= 0.6 is 51.5 Å². The van der Waals surface area contributed by atoms with Crippen LogP contribution in [0.4, 0.5) is 5.69 Å². The van der Waals surface area contributed by atoms with E-state index in [2.05, 4.69) is 22.0 Å². The minimum atomic E-state index is -0.174. The fourth-order valence-corrected chi connectivity index (χ4v) is 5.41. The van der Waals surface area contributed by atoms with Crippen LogP contribution in [-0.2, 0) is 11.4 Å². The van der Waals surface area contributed by atoms with Crippen molar-refractivity contribution in [2.24, 2.45) is 0 Å². The van der Waals surface area contributed by atoms with Gasteiger partial charge in [0.25, 0.3) is 5.91 Å². The minimum absolute atomic E-state index is 0.174. The normalized spacial score (nSPS) is 14.7. The van der Waals surface area contributed by atoms with Gasteiger partial charge in [0.2, 0.25) is 0 Å². The number of anilines is 1. The number of ether oxygens (including phenoxy) is 1. The van der Waals surface area contributed by atoms with Gasteiger partial charge in [-0.25, -0.2) is 0 Å². The number of halogens is 2. The van der Waals surface area contributed by atoms with Crippen molar-refractivity contribution in [3.8, 4) is 11.8 Å². The van der Waals surface area contributed by atoms with E-state index in [0.717, 1.165) is 16.8 Å². The fraction of sp³-hybridized carbons (Fsp3) is 0.0417. The maximum Gasteiger partial charge on any atom is 0.270 e. The highest BCUT2D eigenvalue weighted by molar-refractivity contribution is 9.10. The molecule has 0 N–H and O–H groups in total. The van der Waals surface area contributed by atoms with E-state index >= 15 is 0 Å². The molecule has 0 bridgehead atoms. The summed E-state index contributed by atoms with van der Waals surface area (Å²) in [7, 11) is 0. The first-order valence-corrected chi connectivity index (χ1v) is 11.8. The van der Waals surface area contributed by atoms with E-state index in [1.165, 1.54) is 16.7 Å². The second-order valence-corrected chi connectivity index (χ2v) is 9.66. The second kappa shape index (κ2) is 9.88. The average Bonchev–Trinajstić information content (AvgIpc) is 3.06. The van der Waals surface area contributed by atoms with Crippen LogP contribution in [0.3, 0.4) is 0 Å². The molecular formula is C24H14BrClN2O2S2. The first-order valence-electron chi connectivity index (χ1n) is 9.41. The molecule has 1 amide bonds. The summed E-state index contributed by atoms with van der Waals surface area (Å²) in [6.07, 6.45) is 1.76. The topological polar surface area (TPSA) is 53.3 Å².